The van der Waals surface area contributed by atoms with E-state index in [-0.39, 0.29) is 17.3 Å². The van der Waals surface area contributed by atoms with Gasteiger partial charge in [0, 0.05) is 12.3 Å². The van der Waals surface area contributed by atoms with Crippen molar-refractivity contribution < 1.29 is 13.2 Å². The Morgan fingerprint density at radius 2 is 1.95 bits per heavy atom. The molecule has 1 aromatic carbocycles. The molecular weight excluding hydrogens is 296 g/mol. The predicted octanol–water partition coefficient (Wildman–Crippen LogP) is 0.0393. The van der Waals surface area contributed by atoms with Crippen LogP contribution in [0, 0.1) is 0 Å². The van der Waals surface area contributed by atoms with Crippen LogP contribution in [0.3, 0.4) is 0 Å². The van der Waals surface area contributed by atoms with Crippen molar-refractivity contribution in [2.45, 2.75) is 17.7 Å². The first-order valence-electron chi connectivity index (χ1n) is 6.21. The number of benzene rings is 1. The van der Waals surface area contributed by atoms with Crippen LogP contribution in [0.25, 0.3) is 0 Å². The fourth-order valence-corrected chi connectivity index (χ4v) is 3.88. The number of nitrogens with zero attached hydrogens (tertiary/aromatic N) is 1. The summed E-state index contributed by atoms with van der Waals surface area (Å²) >= 11 is 0. The Hall–Kier alpha value is -2.19. The normalized spacial score (nSPS) is 20.5. The summed E-state index contributed by atoms with van der Waals surface area (Å²) in [6.45, 7) is 0.0750. The predicted molar refractivity (Wildman–Crippen MR) is 73.6 cm³/mol. The summed E-state index contributed by atoms with van der Waals surface area (Å²) in [5.41, 5.74) is -0.692. The summed E-state index contributed by atoms with van der Waals surface area (Å²) in [5, 5.41) is 0. The molecule has 8 heteroatoms. The maximum atomic E-state index is 12.4. The maximum absolute atomic E-state index is 12.4. The van der Waals surface area contributed by atoms with E-state index in [1.165, 1.54) is 12.3 Å². The van der Waals surface area contributed by atoms with E-state index in [1.807, 2.05) is 0 Å². The highest BCUT2D eigenvalue weighted by molar-refractivity contribution is 7.91. The van der Waals surface area contributed by atoms with Crippen LogP contribution in [0.4, 0.5) is 0 Å². The Kier molecular flexibility index (Phi) is 3.26. The fourth-order valence-electron chi connectivity index (χ4n) is 2.25. The van der Waals surface area contributed by atoms with Crippen molar-refractivity contribution in [3.8, 4) is 0 Å². The summed E-state index contributed by atoms with van der Waals surface area (Å²) in [4.78, 5) is 25.1. The van der Waals surface area contributed by atoms with Crippen LogP contribution in [0.1, 0.15) is 11.8 Å². The molecule has 7 nitrogen and oxygen atoms in total. The van der Waals surface area contributed by atoms with Gasteiger partial charge in [-0.05, 0) is 11.6 Å². The van der Waals surface area contributed by atoms with Gasteiger partial charge in [-0.1, -0.05) is 18.2 Å². The van der Waals surface area contributed by atoms with Gasteiger partial charge in [0.15, 0.2) is 16.1 Å². The second-order valence-corrected chi connectivity index (χ2v) is 6.67. The molecule has 0 bridgehead atoms. The Morgan fingerprint density at radius 3 is 2.71 bits per heavy atom. The molecule has 0 spiro atoms. The quantitative estimate of drug-likeness (QED) is 0.802. The molecule has 3 rings (SSSR count). The number of nitrogens with one attached hydrogen (secondary N) is 1. The molecule has 1 aromatic heterocycles. The minimum Gasteiger partial charge on any atom is -0.352 e. The van der Waals surface area contributed by atoms with Crippen LogP contribution >= 0.6 is 0 Å². The number of rotatable bonds is 1. The average molecular weight is 308 g/mol. The van der Waals surface area contributed by atoms with E-state index in [0.29, 0.717) is 5.56 Å². The van der Waals surface area contributed by atoms with E-state index in [2.05, 4.69) is 4.98 Å². The number of sulfone groups is 1. The number of fused-ring (bicyclic) bond motifs is 1. The third-order valence-electron chi connectivity index (χ3n) is 3.26. The van der Waals surface area contributed by atoms with E-state index < -0.39 is 27.3 Å². The number of hydrogen-bond acceptors (Lipinski definition) is 5. The molecule has 21 heavy (non-hydrogen) atoms. The standard InChI is InChI=1S/C13H12N2O5S/c16-11-5-6-15(13(17)14-11)12-8-21(18,19)10-4-2-1-3-9(10)7-20-12/h1-6,12H,7-8H2,(H,14,16,17). The van der Waals surface area contributed by atoms with Crippen LogP contribution in [0.5, 0.6) is 0 Å². The van der Waals surface area contributed by atoms with Gasteiger partial charge in [0.2, 0.25) is 0 Å². The lowest BCUT2D eigenvalue weighted by Crippen LogP contribution is -2.34. The van der Waals surface area contributed by atoms with Gasteiger partial charge in [-0.3, -0.25) is 14.3 Å². The maximum Gasteiger partial charge on any atom is 0.330 e. The lowest BCUT2D eigenvalue weighted by molar-refractivity contribution is 0.00456. The highest BCUT2D eigenvalue weighted by Gasteiger charge is 2.29. The van der Waals surface area contributed by atoms with Crippen LogP contribution in [0.15, 0.2) is 51.0 Å². The summed E-state index contributed by atoms with van der Waals surface area (Å²) < 4.78 is 31.4. The van der Waals surface area contributed by atoms with Gasteiger partial charge in [0.05, 0.1) is 11.5 Å². The highest BCUT2D eigenvalue weighted by Crippen LogP contribution is 2.26. The lowest BCUT2D eigenvalue weighted by Gasteiger charge is -2.16. The van der Waals surface area contributed by atoms with Gasteiger partial charge in [-0.15, -0.1) is 0 Å². The molecule has 1 aliphatic heterocycles. The van der Waals surface area contributed by atoms with Crippen molar-refractivity contribution in [1.82, 2.24) is 9.55 Å². The molecular formula is C13H12N2O5S. The topological polar surface area (TPSA) is 98.2 Å². The average Bonchev–Trinajstić information content (AvgIpc) is 2.56. The summed E-state index contributed by atoms with van der Waals surface area (Å²) in [6, 6.07) is 7.71. The van der Waals surface area contributed by atoms with Crippen LogP contribution in [-0.4, -0.2) is 23.7 Å². The van der Waals surface area contributed by atoms with Gasteiger partial charge in [0.1, 0.15) is 5.75 Å². The first-order valence-corrected chi connectivity index (χ1v) is 7.86. The largest absolute Gasteiger partial charge is 0.352 e. The first kappa shape index (κ1) is 13.8. The van der Waals surface area contributed by atoms with E-state index in [0.717, 1.165) is 10.6 Å². The Bertz CT molecular complexity index is 897. The third-order valence-corrected chi connectivity index (χ3v) is 5.05. The van der Waals surface area contributed by atoms with E-state index in [4.69, 9.17) is 4.74 Å². The van der Waals surface area contributed by atoms with Gasteiger partial charge >= 0.3 is 5.69 Å². The van der Waals surface area contributed by atoms with Crippen LogP contribution < -0.4 is 11.2 Å². The van der Waals surface area contributed by atoms with Crippen molar-refractivity contribution in [2.75, 3.05) is 5.75 Å². The molecule has 0 aliphatic carbocycles. The number of ether oxygens (including phenoxy) is 1. The van der Waals surface area contributed by atoms with Crippen molar-refractivity contribution >= 4 is 9.84 Å². The van der Waals surface area contributed by atoms with Crippen molar-refractivity contribution in [3.63, 3.8) is 0 Å². The first-order chi connectivity index (χ1) is 9.97. The van der Waals surface area contributed by atoms with Crippen molar-refractivity contribution in [1.29, 1.82) is 0 Å². The molecule has 0 amide bonds. The molecule has 1 unspecified atom stereocenters. The van der Waals surface area contributed by atoms with Gasteiger partial charge in [-0.25, -0.2) is 13.2 Å². The molecule has 2 heterocycles. The lowest BCUT2D eigenvalue weighted by atomic mass is 10.2. The van der Waals surface area contributed by atoms with Crippen molar-refractivity contribution in [3.05, 3.63) is 62.9 Å². The van der Waals surface area contributed by atoms with E-state index in [9.17, 15) is 18.0 Å². The molecule has 1 N–H and O–H groups in total. The summed E-state index contributed by atoms with van der Waals surface area (Å²) in [5.74, 6) is -0.365. The minimum atomic E-state index is -3.58. The molecule has 0 fully saturated rings. The monoisotopic (exact) mass is 308 g/mol. The van der Waals surface area contributed by atoms with E-state index in [1.54, 1.807) is 18.2 Å². The second kappa shape index (κ2) is 4.97. The Labute approximate surface area is 119 Å². The number of H-pyrrole nitrogens is 1. The Balaban J connectivity index is 2.07. The molecule has 1 aliphatic rings. The molecule has 0 saturated heterocycles. The van der Waals surface area contributed by atoms with Gasteiger partial charge < -0.3 is 4.74 Å². The molecule has 0 saturated carbocycles. The molecule has 2 aromatic rings. The number of aromatic nitrogens is 2. The Morgan fingerprint density at radius 1 is 1.19 bits per heavy atom. The van der Waals surface area contributed by atoms with Crippen LogP contribution in [0.2, 0.25) is 0 Å². The fraction of sp³-hybridized carbons (Fsp3) is 0.231. The number of aromatic amines is 1. The van der Waals surface area contributed by atoms with E-state index >= 15 is 0 Å². The van der Waals surface area contributed by atoms with Gasteiger partial charge in [0.25, 0.3) is 5.56 Å². The summed E-state index contributed by atoms with van der Waals surface area (Å²) in [7, 11) is -3.58. The third kappa shape index (κ3) is 2.55. The zero-order valence-corrected chi connectivity index (χ0v) is 11.7. The molecule has 1 atom stereocenters. The summed E-state index contributed by atoms with van der Waals surface area (Å²) in [6.07, 6.45) is 0.254. The van der Waals surface area contributed by atoms with Crippen molar-refractivity contribution in [2.24, 2.45) is 0 Å². The van der Waals surface area contributed by atoms with Gasteiger partial charge in [-0.2, -0.15) is 0 Å². The SMILES string of the molecule is O=c1ccn(C2CS(=O)(=O)c3ccccc3CO2)c(=O)[nH]1. The number of hydrogen-bond donors (Lipinski definition) is 1. The molecule has 110 valence electrons. The second-order valence-electron chi connectivity index (χ2n) is 4.67. The zero-order valence-electron chi connectivity index (χ0n) is 10.9. The smallest absolute Gasteiger partial charge is 0.330 e. The minimum absolute atomic E-state index is 0.0750. The highest BCUT2D eigenvalue weighted by atomic mass is 32.2. The van der Waals surface area contributed by atoms with Crippen LogP contribution in [-0.2, 0) is 21.2 Å². The zero-order chi connectivity index (χ0) is 15.0. The molecule has 0 radical (unpaired) electrons.